The average Bonchev–Trinajstić information content (AvgIpc) is 3.39. The molecular weight excluding hydrogens is 690 g/mol. The third-order valence-electron chi connectivity index (χ3n) is 12.6. The summed E-state index contributed by atoms with van der Waals surface area (Å²) < 4.78 is 51.5. The first-order valence-electron chi connectivity index (χ1n) is 19.5. The molecule has 4 aliphatic heterocycles. The molecule has 19 atom stereocenters. The lowest BCUT2D eigenvalue weighted by molar-refractivity contribution is -0.319. The van der Waals surface area contributed by atoms with E-state index in [9.17, 15) is 24.9 Å². The second kappa shape index (κ2) is 17.0. The molecule has 0 saturated carbocycles. The van der Waals surface area contributed by atoms with Crippen molar-refractivity contribution in [1.82, 2.24) is 4.90 Å². The Bertz CT molecular complexity index is 1250. The van der Waals surface area contributed by atoms with Gasteiger partial charge in [-0.1, -0.05) is 27.7 Å². The number of ether oxygens (including phenoxy) is 8. The molecule has 2 bridgehead atoms. The van der Waals surface area contributed by atoms with Crippen LogP contribution in [0.4, 0.5) is 0 Å². The maximum absolute atomic E-state index is 14.4. The van der Waals surface area contributed by atoms with E-state index in [4.69, 9.17) is 37.9 Å². The Balaban J connectivity index is 1.86. The highest BCUT2D eigenvalue weighted by Gasteiger charge is 2.59. The predicted octanol–water partition coefficient (Wildman–Crippen LogP) is 3.19. The maximum atomic E-state index is 14.4. The molecule has 0 radical (unpaired) electrons. The molecule has 4 rings (SSSR count). The summed E-state index contributed by atoms with van der Waals surface area (Å²) in [5, 5.41) is 33.8. The number of cyclic esters (lactones) is 1. The summed E-state index contributed by atoms with van der Waals surface area (Å²) in [4.78, 5) is 28.9. The molecule has 0 aliphatic carbocycles. The number of likely N-dealkylation sites (N-methyl/N-ethyl adjacent to an activating group) is 1. The summed E-state index contributed by atoms with van der Waals surface area (Å²) in [5.41, 5.74) is -3.80. The van der Waals surface area contributed by atoms with Crippen LogP contribution in [-0.2, 0) is 47.5 Å². The van der Waals surface area contributed by atoms with Gasteiger partial charge in [0, 0.05) is 32.3 Å². The Labute approximate surface area is 316 Å². The highest BCUT2D eigenvalue weighted by Crippen LogP contribution is 2.48. The number of methoxy groups -OCH3 is 1. The Hall–Kier alpha value is -1.46. The first-order chi connectivity index (χ1) is 24.5. The molecule has 0 amide bonds. The van der Waals surface area contributed by atoms with Crippen molar-refractivity contribution < 1.29 is 62.8 Å². The molecule has 0 aromatic heterocycles. The Kier molecular flexibility index (Phi) is 14.2. The number of hydrogen-bond acceptors (Lipinski definition) is 14. The molecule has 14 heteroatoms. The smallest absolute Gasteiger partial charge is 0.311 e. The van der Waals surface area contributed by atoms with Gasteiger partial charge < -0.3 is 58.1 Å². The van der Waals surface area contributed by atoms with E-state index in [2.05, 4.69) is 6.92 Å². The average molecular weight is 760 g/mol. The molecule has 4 fully saturated rings. The minimum atomic E-state index is -1.81. The number of hydrogen-bond donors (Lipinski definition) is 3. The second-order valence-corrected chi connectivity index (χ2v) is 17.3. The number of carbonyl (C=O) groups excluding carboxylic acids is 2. The zero-order chi connectivity index (χ0) is 40.0. The van der Waals surface area contributed by atoms with E-state index in [1.54, 1.807) is 27.7 Å². The Morgan fingerprint density at radius 2 is 1.68 bits per heavy atom. The van der Waals surface area contributed by atoms with Crippen LogP contribution in [0.15, 0.2) is 0 Å². The van der Waals surface area contributed by atoms with Crippen LogP contribution >= 0.6 is 0 Å². The third-order valence-corrected chi connectivity index (χ3v) is 12.6. The molecule has 0 spiro atoms. The van der Waals surface area contributed by atoms with E-state index < -0.39 is 108 Å². The molecule has 14 nitrogen and oxygen atoms in total. The van der Waals surface area contributed by atoms with Crippen molar-refractivity contribution in [3.05, 3.63) is 0 Å². The molecule has 4 heterocycles. The minimum Gasteiger partial charge on any atom is -0.459 e. The van der Waals surface area contributed by atoms with Gasteiger partial charge in [-0.25, -0.2) is 0 Å². The van der Waals surface area contributed by atoms with Gasteiger partial charge in [-0.05, 0) is 80.8 Å². The standard InChI is InChI=1S/C39H69NO13/c1-15-27(42)39(11,45)34-21(4)29-19(2)17-38(10,53-29)33(52-36-31(49-25(8)41)26(40(12)13)16-20(3)47-36)22(5)30(23(6)35(44)51-34)50-28-18-37(9,46-14)32(43)24(7)48-28/h19-24,26-34,36,42-43,45H,15-18H2,1-14H3/t19?,20?,21-,22-,23+,24?,26?,27+,28-,29?,30-,31?,32-,33+,34+,36-,37?,38+,39+/m0/s1. The number of carbonyl (C=O) groups is 2. The van der Waals surface area contributed by atoms with E-state index in [1.165, 1.54) is 21.0 Å². The molecule has 7 unspecified atom stereocenters. The van der Waals surface area contributed by atoms with Crippen molar-refractivity contribution in [2.45, 2.75) is 192 Å². The first kappa shape index (κ1) is 44.3. The lowest BCUT2D eigenvalue weighted by atomic mass is 9.76. The number of aliphatic hydroxyl groups excluding tert-OH is 2. The number of nitrogens with zero attached hydrogens (tertiary/aromatic N) is 1. The summed E-state index contributed by atoms with van der Waals surface area (Å²) in [6, 6.07) is -0.209. The first-order valence-corrected chi connectivity index (χ1v) is 19.5. The summed E-state index contributed by atoms with van der Waals surface area (Å²) >= 11 is 0. The zero-order valence-corrected chi connectivity index (χ0v) is 34.4. The zero-order valence-electron chi connectivity index (χ0n) is 34.4. The predicted molar refractivity (Wildman–Crippen MR) is 193 cm³/mol. The highest BCUT2D eigenvalue weighted by molar-refractivity contribution is 5.73. The fourth-order valence-corrected chi connectivity index (χ4v) is 9.50. The minimum absolute atomic E-state index is 0.0864. The molecule has 4 aliphatic rings. The van der Waals surface area contributed by atoms with Gasteiger partial charge in [-0.3, -0.25) is 9.59 Å². The molecule has 53 heavy (non-hydrogen) atoms. The monoisotopic (exact) mass is 759 g/mol. The van der Waals surface area contributed by atoms with Crippen molar-refractivity contribution in [1.29, 1.82) is 0 Å². The SMILES string of the molecule is CC[C@@H](O)[C@@](C)(O)[C@@H]1OC(=O)[C@H](C)[C@@H](O[C@H]2CC(C)(OC)[C@@H](O)C(C)O2)[C@H](C)[C@@H](O[C@@H]2OC(C)CC(N(C)C)C2OC(C)=O)[C@@]2(C)CC(C)C(O2)[C@@H]1C. The molecule has 308 valence electrons. The third kappa shape index (κ3) is 9.08. The van der Waals surface area contributed by atoms with Crippen molar-refractivity contribution in [3.63, 3.8) is 0 Å². The van der Waals surface area contributed by atoms with Crippen molar-refractivity contribution >= 4 is 11.9 Å². The lowest BCUT2D eigenvalue weighted by Crippen LogP contribution is -2.60. The number of rotatable bonds is 10. The van der Waals surface area contributed by atoms with Gasteiger partial charge in [0.25, 0.3) is 0 Å². The fraction of sp³-hybridized carbons (Fsp3) is 0.949. The van der Waals surface area contributed by atoms with Crippen LogP contribution in [0.3, 0.4) is 0 Å². The topological polar surface area (TPSA) is 172 Å². The highest BCUT2D eigenvalue weighted by atomic mass is 16.7. The summed E-state index contributed by atoms with van der Waals surface area (Å²) in [5.74, 6) is -3.27. The Morgan fingerprint density at radius 3 is 2.25 bits per heavy atom. The summed E-state index contributed by atoms with van der Waals surface area (Å²) in [6.07, 6.45) is -7.48. The maximum Gasteiger partial charge on any atom is 0.311 e. The summed E-state index contributed by atoms with van der Waals surface area (Å²) in [6.45, 7) is 19.6. The number of aliphatic hydroxyl groups is 3. The van der Waals surface area contributed by atoms with Gasteiger partial charge in [-0.2, -0.15) is 0 Å². The van der Waals surface area contributed by atoms with Gasteiger partial charge in [0.2, 0.25) is 0 Å². The number of fused-ring (bicyclic) bond motifs is 2. The Morgan fingerprint density at radius 1 is 1.04 bits per heavy atom. The van der Waals surface area contributed by atoms with E-state index in [-0.39, 0.29) is 30.9 Å². The van der Waals surface area contributed by atoms with Crippen molar-refractivity contribution in [2.24, 2.45) is 23.7 Å². The molecular formula is C39H69NO13. The lowest BCUT2D eigenvalue weighted by Gasteiger charge is -2.49. The van der Waals surface area contributed by atoms with Crippen LogP contribution in [0, 0.1) is 23.7 Å². The van der Waals surface area contributed by atoms with E-state index >= 15 is 0 Å². The molecule has 3 N–H and O–H groups in total. The van der Waals surface area contributed by atoms with Gasteiger partial charge >= 0.3 is 11.9 Å². The van der Waals surface area contributed by atoms with E-state index in [1.807, 2.05) is 46.7 Å². The summed E-state index contributed by atoms with van der Waals surface area (Å²) in [7, 11) is 5.38. The van der Waals surface area contributed by atoms with Gasteiger partial charge in [0.15, 0.2) is 18.7 Å². The van der Waals surface area contributed by atoms with Crippen LogP contribution in [-0.4, -0.2) is 144 Å². The van der Waals surface area contributed by atoms with Gasteiger partial charge in [-0.15, -0.1) is 0 Å². The van der Waals surface area contributed by atoms with E-state index in [0.717, 1.165) is 0 Å². The quantitative estimate of drug-likeness (QED) is 0.278. The second-order valence-electron chi connectivity index (χ2n) is 17.3. The van der Waals surface area contributed by atoms with Crippen molar-refractivity contribution in [3.8, 4) is 0 Å². The largest absolute Gasteiger partial charge is 0.459 e. The number of esters is 2. The van der Waals surface area contributed by atoms with Crippen LogP contribution < -0.4 is 0 Å². The van der Waals surface area contributed by atoms with Gasteiger partial charge in [0.1, 0.15) is 17.8 Å². The van der Waals surface area contributed by atoms with E-state index in [0.29, 0.717) is 12.8 Å². The fourth-order valence-electron chi connectivity index (χ4n) is 9.50. The molecule has 0 aromatic carbocycles. The van der Waals surface area contributed by atoms with Gasteiger partial charge in [0.05, 0.1) is 59.8 Å². The van der Waals surface area contributed by atoms with Crippen LogP contribution in [0.1, 0.15) is 102 Å². The molecule has 0 aromatic rings. The van der Waals surface area contributed by atoms with Crippen LogP contribution in [0.25, 0.3) is 0 Å². The van der Waals surface area contributed by atoms with Crippen LogP contribution in [0.5, 0.6) is 0 Å². The van der Waals surface area contributed by atoms with Crippen molar-refractivity contribution in [2.75, 3.05) is 21.2 Å². The van der Waals surface area contributed by atoms with Crippen LogP contribution in [0.2, 0.25) is 0 Å². The molecule has 4 saturated heterocycles. The normalized spacial score (nSPS) is 47.3.